The molecule has 5 aromatic rings. The number of para-hydroxylation sites is 1. The molecule has 8 nitrogen and oxygen atoms in total. The zero-order chi connectivity index (χ0) is 35.3. The van der Waals surface area contributed by atoms with E-state index >= 15 is 0 Å². The maximum absolute atomic E-state index is 14.6. The van der Waals surface area contributed by atoms with Crippen LogP contribution in [0.2, 0.25) is 0 Å². The molecule has 5 rings (SSSR count). The molecule has 2 amide bonds. The SMILES string of the molecule is CCCCNC(=O)C(Cc1ccccc1)N(Cc1ccc(F)cc1)C(=O)CN(c1ccc(Oc2ccccc2)cc1)S(=O)(=O)c1ccccc1. The van der Waals surface area contributed by atoms with Gasteiger partial charge in [-0.15, -0.1) is 0 Å². The molecule has 1 atom stereocenters. The lowest BCUT2D eigenvalue weighted by molar-refractivity contribution is -0.140. The molecule has 0 aliphatic rings. The van der Waals surface area contributed by atoms with Crippen LogP contribution in [0.15, 0.2) is 144 Å². The monoisotopic (exact) mass is 693 g/mol. The van der Waals surface area contributed by atoms with E-state index in [-0.39, 0.29) is 29.5 Å². The summed E-state index contributed by atoms with van der Waals surface area (Å²) < 4.78 is 49.3. The fourth-order valence-electron chi connectivity index (χ4n) is 5.40. The molecule has 258 valence electrons. The summed E-state index contributed by atoms with van der Waals surface area (Å²) in [6.45, 7) is 1.77. The van der Waals surface area contributed by atoms with Crippen LogP contribution in [0, 0.1) is 5.82 Å². The Hall–Kier alpha value is -5.48. The van der Waals surface area contributed by atoms with E-state index in [0.29, 0.717) is 23.6 Å². The first-order chi connectivity index (χ1) is 24.2. The van der Waals surface area contributed by atoms with E-state index in [1.54, 1.807) is 66.7 Å². The molecule has 1 N–H and O–H groups in total. The van der Waals surface area contributed by atoms with Gasteiger partial charge in [0, 0.05) is 19.5 Å². The van der Waals surface area contributed by atoms with Crippen molar-refractivity contribution in [3.8, 4) is 11.5 Å². The second-order valence-corrected chi connectivity index (χ2v) is 13.6. The van der Waals surface area contributed by atoms with E-state index in [0.717, 1.165) is 22.7 Å². The van der Waals surface area contributed by atoms with Gasteiger partial charge < -0.3 is 15.0 Å². The van der Waals surface area contributed by atoms with E-state index in [1.807, 2.05) is 55.5 Å². The van der Waals surface area contributed by atoms with Crippen molar-refractivity contribution in [1.82, 2.24) is 10.2 Å². The third-order valence-corrected chi connectivity index (χ3v) is 9.87. The Labute approximate surface area is 293 Å². The summed E-state index contributed by atoms with van der Waals surface area (Å²) in [5, 5.41) is 2.96. The van der Waals surface area contributed by atoms with E-state index < -0.39 is 34.3 Å². The molecular formula is C40H40FN3O5S. The van der Waals surface area contributed by atoms with E-state index in [2.05, 4.69) is 5.32 Å². The quantitative estimate of drug-likeness (QED) is 0.109. The average Bonchev–Trinajstić information content (AvgIpc) is 3.14. The second-order valence-electron chi connectivity index (χ2n) is 11.7. The second kappa shape index (κ2) is 17.3. The molecular weight excluding hydrogens is 654 g/mol. The molecule has 0 spiro atoms. The van der Waals surface area contributed by atoms with Crippen LogP contribution in [-0.4, -0.2) is 44.3 Å². The number of benzene rings is 5. The standard InChI is InChI=1S/C40H40FN3O5S/c1-2-3-27-42-40(46)38(28-31-13-7-4-8-14-31)43(29-32-19-21-33(41)22-20-32)39(45)30-44(50(47,48)37-17-11-6-12-18-37)34-23-25-36(26-24-34)49-35-15-9-5-10-16-35/h4-26,38H,2-3,27-30H2,1H3,(H,42,46). The van der Waals surface area contributed by atoms with Gasteiger partial charge in [-0.2, -0.15) is 0 Å². The number of hydrogen-bond donors (Lipinski definition) is 1. The summed E-state index contributed by atoms with van der Waals surface area (Å²) >= 11 is 0. The number of rotatable bonds is 16. The summed E-state index contributed by atoms with van der Waals surface area (Å²) in [5.74, 6) is -0.317. The van der Waals surface area contributed by atoms with E-state index in [4.69, 9.17) is 4.74 Å². The molecule has 0 aliphatic heterocycles. The Morgan fingerprint density at radius 3 is 1.94 bits per heavy atom. The van der Waals surface area contributed by atoms with Crippen LogP contribution in [0.4, 0.5) is 10.1 Å². The summed E-state index contributed by atoms with van der Waals surface area (Å²) in [7, 11) is -4.26. The molecule has 0 bridgehead atoms. The topological polar surface area (TPSA) is 96.0 Å². The van der Waals surface area contributed by atoms with Gasteiger partial charge in [0.1, 0.15) is 29.9 Å². The predicted molar refractivity (Wildman–Crippen MR) is 193 cm³/mol. The molecule has 0 radical (unpaired) electrons. The Kier molecular flexibility index (Phi) is 12.4. The van der Waals surface area contributed by atoms with Crippen LogP contribution in [0.3, 0.4) is 0 Å². The van der Waals surface area contributed by atoms with Crippen LogP contribution in [-0.2, 0) is 32.6 Å². The fraction of sp³-hybridized carbons (Fsp3) is 0.200. The van der Waals surface area contributed by atoms with Crippen molar-refractivity contribution in [2.24, 2.45) is 0 Å². The number of halogens is 1. The summed E-state index contributed by atoms with van der Waals surface area (Å²) in [6.07, 6.45) is 1.80. The first kappa shape index (κ1) is 35.8. The van der Waals surface area contributed by atoms with Gasteiger partial charge in [-0.25, -0.2) is 12.8 Å². The number of hydrogen-bond acceptors (Lipinski definition) is 5. The molecule has 0 fully saturated rings. The number of nitrogens with zero attached hydrogens (tertiary/aromatic N) is 2. The van der Waals surface area contributed by atoms with Gasteiger partial charge in [0.2, 0.25) is 11.8 Å². The van der Waals surface area contributed by atoms with Crippen LogP contribution < -0.4 is 14.4 Å². The van der Waals surface area contributed by atoms with Crippen LogP contribution in [0.25, 0.3) is 0 Å². The number of carbonyl (C=O) groups excluding carboxylic acids is 2. The van der Waals surface area contributed by atoms with Crippen LogP contribution in [0.1, 0.15) is 30.9 Å². The zero-order valence-electron chi connectivity index (χ0n) is 27.8. The minimum absolute atomic E-state index is 0.000593. The lowest BCUT2D eigenvalue weighted by Gasteiger charge is -2.34. The Morgan fingerprint density at radius 1 is 0.740 bits per heavy atom. The zero-order valence-corrected chi connectivity index (χ0v) is 28.6. The normalized spacial score (nSPS) is 11.7. The van der Waals surface area contributed by atoms with Gasteiger partial charge in [0.15, 0.2) is 0 Å². The molecule has 5 aromatic carbocycles. The van der Waals surface area contributed by atoms with E-state index in [9.17, 15) is 22.4 Å². The maximum atomic E-state index is 14.6. The molecule has 0 saturated carbocycles. The Balaban J connectivity index is 1.53. The number of ether oxygens (including phenoxy) is 1. The first-order valence-electron chi connectivity index (χ1n) is 16.5. The van der Waals surface area contributed by atoms with Crippen molar-refractivity contribution in [3.05, 3.63) is 156 Å². The number of nitrogens with one attached hydrogen (secondary N) is 1. The van der Waals surface area contributed by atoms with Crippen molar-refractivity contribution >= 4 is 27.5 Å². The van der Waals surface area contributed by atoms with Crippen molar-refractivity contribution in [2.45, 2.75) is 43.7 Å². The van der Waals surface area contributed by atoms with Gasteiger partial charge >= 0.3 is 0 Å². The highest BCUT2D eigenvalue weighted by atomic mass is 32.2. The third-order valence-electron chi connectivity index (χ3n) is 8.08. The highest BCUT2D eigenvalue weighted by Crippen LogP contribution is 2.29. The predicted octanol–water partition coefficient (Wildman–Crippen LogP) is 7.37. The fourth-order valence-corrected chi connectivity index (χ4v) is 6.84. The summed E-state index contributed by atoms with van der Waals surface area (Å²) in [6, 6.07) is 37.5. The minimum Gasteiger partial charge on any atom is -0.457 e. The lowest BCUT2D eigenvalue weighted by atomic mass is 10.0. The van der Waals surface area contributed by atoms with Crippen molar-refractivity contribution in [3.63, 3.8) is 0 Å². The summed E-state index contributed by atoms with van der Waals surface area (Å²) in [4.78, 5) is 29.8. The molecule has 1 unspecified atom stereocenters. The number of anilines is 1. The number of amides is 2. The van der Waals surface area contributed by atoms with Gasteiger partial charge in [-0.3, -0.25) is 13.9 Å². The first-order valence-corrected chi connectivity index (χ1v) is 17.9. The van der Waals surface area contributed by atoms with Crippen LogP contribution in [0.5, 0.6) is 11.5 Å². The third kappa shape index (κ3) is 9.57. The van der Waals surface area contributed by atoms with Crippen molar-refractivity contribution in [2.75, 3.05) is 17.4 Å². The van der Waals surface area contributed by atoms with Gasteiger partial charge in [-0.1, -0.05) is 92.2 Å². The van der Waals surface area contributed by atoms with Crippen molar-refractivity contribution in [1.29, 1.82) is 0 Å². The van der Waals surface area contributed by atoms with Crippen molar-refractivity contribution < 1.29 is 27.1 Å². The smallest absolute Gasteiger partial charge is 0.264 e. The lowest BCUT2D eigenvalue weighted by Crippen LogP contribution is -2.53. The Morgan fingerprint density at radius 2 is 1.32 bits per heavy atom. The molecule has 0 aromatic heterocycles. The molecule has 10 heteroatoms. The molecule has 50 heavy (non-hydrogen) atoms. The average molecular weight is 694 g/mol. The van der Waals surface area contributed by atoms with Crippen LogP contribution >= 0.6 is 0 Å². The van der Waals surface area contributed by atoms with Gasteiger partial charge in [0.05, 0.1) is 10.6 Å². The molecule has 0 heterocycles. The van der Waals surface area contributed by atoms with Gasteiger partial charge in [-0.05, 0) is 78.2 Å². The highest BCUT2D eigenvalue weighted by molar-refractivity contribution is 7.92. The largest absolute Gasteiger partial charge is 0.457 e. The summed E-state index contributed by atoms with van der Waals surface area (Å²) in [5.41, 5.74) is 1.64. The number of sulfonamides is 1. The number of unbranched alkanes of at least 4 members (excludes halogenated alkanes) is 1. The molecule has 0 aliphatic carbocycles. The van der Waals surface area contributed by atoms with Gasteiger partial charge in [0.25, 0.3) is 10.0 Å². The van der Waals surface area contributed by atoms with E-state index in [1.165, 1.54) is 29.2 Å². The molecule has 0 saturated heterocycles. The number of carbonyl (C=O) groups is 2. The minimum atomic E-state index is -4.26. The highest BCUT2D eigenvalue weighted by Gasteiger charge is 2.34. The Bertz CT molecular complexity index is 1930. The maximum Gasteiger partial charge on any atom is 0.264 e.